The normalized spacial score (nSPS) is 30.6. The first-order valence-electron chi connectivity index (χ1n) is 6.84. The SMILES string of the molecule is COC1CC2CCC(C1)N2S(=O)(=O)c1ccc(Cl)cc1. The molecule has 0 amide bonds. The molecule has 1 aromatic rings. The van der Waals surface area contributed by atoms with E-state index in [2.05, 4.69) is 0 Å². The minimum Gasteiger partial charge on any atom is -0.381 e. The Morgan fingerprint density at radius 1 is 1.15 bits per heavy atom. The van der Waals surface area contributed by atoms with E-state index in [1.807, 2.05) is 0 Å². The van der Waals surface area contributed by atoms with E-state index >= 15 is 0 Å². The molecule has 0 saturated carbocycles. The molecule has 0 N–H and O–H groups in total. The largest absolute Gasteiger partial charge is 0.381 e. The molecule has 0 aromatic heterocycles. The topological polar surface area (TPSA) is 46.6 Å². The van der Waals surface area contributed by atoms with Gasteiger partial charge in [0.25, 0.3) is 0 Å². The lowest BCUT2D eigenvalue weighted by atomic mass is 10.0. The zero-order valence-corrected chi connectivity index (χ0v) is 12.9. The van der Waals surface area contributed by atoms with Crippen molar-refractivity contribution < 1.29 is 13.2 Å². The van der Waals surface area contributed by atoms with Crippen LogP contribution >= 0.6 is 11.6 Å². The molecule has 2 heterocycles. The third-order valence-electron chi connectivity index (χ3n) is 4.35. The molecule has 0 spiro atoms. The molecule has 2 atom stereocenters. The zero-order valence-electron chi connectivity index (χ0n) is 11.3. The molecule has 1 aromatic carbocycles. The Balaban J connectivity index is 1.91. The lowest BCUT2D eigenvalue weighted by molar-refractivity contribution is 0.0349. The fraction of sp³-hybridized carbons (Fsp3) is 0.571. The quantitative estimate of drug-likeness (QED) is 0.861. The van der Waals surface area contributed by atoms with Gasteiger partial charge in [0.15, 0.2) is 0 Å². The molecule has 3 rings (SSSR count). The molecular weight excluding hydrogens is 298 g/mol. The summed E-state index contributed by atoms with van der Waals surface area (Å²) in [6, 6.07) is 6.55. The van der Waals surface area contributed by atoms with Crippen LogP contribution in [0.3, 0.4) is 0 Å². The van der Waals surface area contributed by atoms with Gasteiger partial charge in [0.05, 0.1) is 11.0 Å². The number of hydrogen-bond acceptors (Lipinski definition) is 3. The van der Waals surface area contributed by atoms with Crippen LogP contribution in [0.2, 0.25) is 5.02 Å². The number of halogens is 1. The van der Waals surface area contributed by atoms with E-state index < -0.39 is 10.0 Å². The Morgan fingerprint density at radius 3 is 2.20 bits per heavy atom. The summed E-state index contributed by atoms with van der Waals surface area (Å²) in [5.74, 6) is 0. The second kappa shape index (κ2) is 5.30. The molecule has 0 radical (unpaired) electrons. The molecule has 2 bridgehead atoms. The number of hydrogen-bond donors (Lipinski definition) is 0. The summed E-state index contributed by atoms with van der Waals surface area (Å²) in [4.78, 5) is 0.328. The van der Waals surface area contributed by atoms with Crippen LogP contribution in [0.25, 0.3) is 0 Å². The monoisotopic (exact) mass is 315 g/mol. The summed E-state index contributed by atoms with van der Waals surface area (Å²) < 4.78 is 32.7. The van der Waals surface area contributed by atoms with Crippen molar-refractivity contribution in [2.45, 2.75) is 48.8 Å². The molecule has 2 unspecified atom stereocenters. The van der Waals surface area contributed by atoms with Gasteiger partial charge in [-0.15, -0.1) is 0 Å². The van der Waals surface area contributed by atoms with E-state index in [0.29, 0.717) is 9.92 Å². The standard InChI is InChI=1S/C14H18ClNO3S/c1-19-13-8-11-4-5-12(9-13)16(11)20(17,18)14-6-2-10(15)3-7-14/h2-3,6-7,11-13H,4-5,8-9H2,1H3. The summed E-state index contributed by atoms with van der Waals surface area (Å²) in [5, 5.41) is 0.546. The van der Waals surface area contributed by atoms with Gasteiger partial charge < -0.3 is 4.74 Å². The second-order valence-electron chi connectivity index (χ2n) is 5.50. The molecule has 2 aliphatic rings. The highest BCUT2D eigenvalue weighted by molar-refractivity contribution is 7.89. The van der Waals surface area contributed by atoms with Gasteiger partial charge in [-0.25, -0.2) is 8.42 Å². The van der Waals surface area contributed by atoms with Crippen molar-refractivity contribution in [3.8, 4) is 0 Å². The van der Waals surface area contributed by atoms with Crippen LogP contribution in [0.4, 0.5) is 0 Å². The predicted octanol–water partition coefficient (Wildman–Crippen LogP) is 2.67. The van der Waals surface area contributed by atoms with Gasteiger partial charge in [-0.3, -0.25) is 0 Å². The zero-order chi connectivity index (χ0) is 14.3. The maximum atomic E-state index is 12.8. The highest BCUT2D eigenvalue weighted by Gasteiger charge is 2.47. The third kappa shape index (κ3) is 2.37. The summed E-state index contributed by atoms with van der Waals surface area (Å²) in [6.45, 7) is 0. The van der Waals surface area contributed by atoms with Crippen LogP contribution in [-0.2, 0) is 14.8 Å². The first-order valence-corrected chi connectivity index (χ1v) is 8.66. The van der Waals surface area contributed by atoms with Gasteiger partial charge in [0.1, 0.15) is 0 Å². The van der Waals surface area contributed by atoms with Gasteiger partial charge in [0.2, 0.25) is 10.0 Å². The Labute approximate surface area is 124 Å². The van der Waals surface area contributed by atoms with Crippen LogP contribution in [0.1, 0.15) is 25.7 Å². The molecular formula is C14H18ClNO3S. The van der Waals surface area contributed by atoms with Crippen LogP contribution in [-0.4, -0.2) is 38.0 Å². The molecule has 2 aliphatic heterocycles. The molecule has 6 heteroatoms. The lowest BCUT2D eigenvalue weighted by Gasteiger charge is -2.37. The Hall–Kier alpha value is -0.620. The molecule has 20 heavy (non-hydrogen) atoms. The van der Waals surface area contributed by atoms with Crippen molar-refractivity contribution >= 4 is 21.6 Å². The van der Waals surface area contributed by atoms with E-state index in [1.54, 1.807) is 35.7 Å². The van der Waals surface area contributed by atoms with Crippen LogP contribution in [0, 0.1) is 0 Å². The molecule has 2 saturated heterocycles. The molecule has 0 aliphatic carbocycles. The number of nitrogens with zero attached hydrogens (tertiary/aromatic N) is 1. The minimum absolute atomic E-state index is 0.0689. The number of rotatable bonds is 3. The highest BCUT2D eigenvalue weighted by Crippen LogP contribution is 2.40. The fourth-order valence-corrected chi connectivity index (χ4v) is 5.41. The summed E-state index contributed by atoms with van der Waals surface area (Å²) >= 11 is 5.83. The van der Waals surface area contributed by atoms with Crippen molar-refractivity contribution in [2.24, 2.45) is 0 Å². The maximum absolute atomic E-state index is 12.8. The van der Waals surface area contributed by atoms with Crippen LogP contribution in [0.15, 0.2) is 29.2 Å². The van der Waals surface area contributed by atoms with Crippen molar-refractivity contribution in [2.75, 3.05) is 7.11 Å². The minimum atomic E-state index is -3.43. The summed E-state index contributed by atoms with van der Waals surface area (Å²) in [5.41, 5.74) is 0. The third-order valence-corrected chi connectivity index (χ3v) is 6.62. The Morgan fingerprint density at radius 2 is 1.70 bits per heavy atom. The number of benzene rings is 1. The number of ether oxygens (including phenoxy) is 1. The van der Waals surface area contributed by atoms with Crippen molar-refractivity contribution in [1.82, 2.24) is 4.31 Å². The number of methoxy groups -OCH3 is 1. The Kier molecular flexibility index (Phi) is 3.79. The average Bonchev–Trinajstić information content (AvgIpc) is 2.71. The average molecular weight is 316 g/mol. The van der Waals surface area contributed by atoms with Gasteiger partial charge in [-0.05, 0) is 49.9 Å². The smallest absolute Gasteiger partial charge is 0.243 e. The molecule has 2 fully saturated rings. The molecule has 110 valence electrons. The van der Waals surface area contributed by atoms with E-state index in [4.69, 9.17) is 16.3 Å². The number of sulfonamides is 1. The van der Waals surface area contributed by atoms with Gasteiger partial charge in [-0.1, -0.05) is 11.6 Å². The highest BCUT2D eigenvalue weighted by atomic mass is 35.5. The van der Waals surface area contributed by atoms with Gasteiger partial charge >= 0.3 is 0 Å². The van der Waals surface area contributed by atoms with Crippen molar-refractivity contribution in [3.63, 3.8) is 0 Å². The maximum Gasteiger partial charge on any atom is 0.243 e. The van der Waals surface area contributed by atoms with Crippen molar-refractivity contribution in [1.29, 1.82) is 0 Å². The van der Waals surface area contributed by atoms with Crippen molar-refractivity contribution in [3.05, 3.63) is 29.3 Å². The number of fused-ring (bicyclic) bond motifs is 2. The van der Waals surface area contributed by atoms with Crippen LogP contribution < -0.4 is 0 Å². The van der Waals surface area contributed by atoms with Gasteiger partial charge in [0, 0.05) is 24.2 Å². The molecule has 4 nitrogen and oxygen atoms in total. The lowest BCUT2D eigenvalue weighted by Crippen LogP contribution is -2.48. The van der Waals surface area contributed by atoms with E-state index in [9.17, 15) is 8.42 Å². The Bertz CT molecular complexity index is 573. The second-order valence-corrected chi connectivity index (χ2v) is 7.78. The van der Waals surface area contributed by atoms with Crippen LogP contribution in [0.5, 0.6) is 0 Å². The van der Waals surface area contributed by atoms with Gasteiger partial charge in [-0.2, -0.15) is 4.31 Å². The van der Waals surface area contributed by atoms with E-state index in [-0.39, 0.29) is 18.2 Å². The summed E-state index contributed by atoms with van der Waals surface area (Å²) in [6.07, 6.45) is 3.62. The van der Waals surface area contributed by atoms with E-state index in [0.717, 1.165) is 25.7 Å². The first kappa shape index (κ1) is 14.3. The number of piperidine rings is 1. The van der Waals surface area contributed by atoms with E-state index in [1.165, 1.54) is 0 Å². The predicted molar refractivity (Wildman–Crippen MR) is 77.3 cm³/mol. The summed E-state index contributed by atoms with van der Waals surface area (Å²) in [7, 11) is -1.73. The fourth-order valence-electron chi connectivity index (χ4n) is 3.40. The first-order chi connectivity index (χ1) is 9.52.